The number of aromatic amines is 1. The summed E-state index contributed by atoms with van der Waals surface area (Å²) in [4.78, 5) is 34.8. The zero-order chi connectivity index (χ0) is 30.0. The van der Waals surface area contributed by atoms with Gasteiger partial charge in [0, 0.05) is 0 Å². The molecule has 0 aliphatic carbocycles. The maximum Gasteiger partial charge on any atom is 0.319 e. The largest absolute Gasteiger partial charge is 0.382 e. The third-order valence-corrected chi connectivity index (χ3v) is 10.4. The fourth-order valence-electron chi connectivity index (χ4n) is 5.15. The number of H-pyrrole nitrogens is 1. The molecule has 43 heavy (non-hydrogen) atoms. The van der Waals surface area contributed by atoms with Crippen molar-refractivity contribution in [3.05, 3.63) is 29.3 Å². The molecule has 3 aliphatic rings. The number of fused-ring (bicyclic) bond motifs is 5. The topological polar surface area (TPSA) is 239 Å². The molecule has 4 aromatic heterocycles. The molecule has 230 valence electrons. The van der Waals surface area contributed by atoms with Crippen molar-refractivity contribution in [3.8, 4) is 0 Å². The molecule has 18 nitrogen and oxygen atoms in total. The van der Waals surface area contributed by atoms with E-state index in [1.165, 1.54) is 28.1 Å². The van der Waals surface area contributed by atoms with Crippen molar-refractivity contribution >= 4 is 62.4 Å². The first-order valence-electron chi connectivity index (χ1n) is 12.6. The molecule has 3 aliphatic heterocycles. The van der Waals surface area contributed by atoms with Gasteiger partial charge in [-0.1, -0.05) is 0 Å². The van der Waals surface area contributed by atoms with Gasteiger partial charge in [0.1, 0.15) is 41.7 Å². The molecule has 2 unspecified atom stereocenters. The van der Waals surface area contributed by atoms with Crippen LogP contribution in [0.3, 0.4) is 0 Å². The van der Waals surface area contributed by atoms with Crippen molar-refractivity contribution < 1.29 is 40.7 Å². The summed E-state index contributed by atoms with van der Waals surface area (Å²) in [5.41, 5.74) is 11.3. The molecule has 0 saturated carbocycles. The van der Waals surface area contributed by atoms with Crippen molar-refractivity contribution in [2.75, 3.05) is 24.7 Å². The molecule has 2 bridgehead atoms. The zero-order valence-electron chi connectivity index (χ0n) is 21.5. The first-order valence-corrected chi connectivity index (χ1v) is 16.0. The highest BCUT2D eigenvalue weighted by Gasteiger charge is 2.51. The fraction of sp³-hybridized carbons (Fsp3) is 0.500. The summed E-state index contributed by atoms with van der Waals surface area (Å²) < 4.78 is 87.5. The number of thioether (sulfide) groups is 1. The van der Waals surface area contributed by atoms with E-state index in [2.05, 4.69) is 29.9 Å². The smallest absolute Gasteiger partial charge is 0.319 e. The van der Waals surface area contributed by atoms with Crippen molar-refractivity contribution in [1.82, 2.24) is 39.0 Å². The lowest BCUT2D eigenvalue weighted by molar-refractivity contribution is -0.0413. The van der Waals surface area contributed by atoms with Crippen molar-refractivity contribution in [1.29, 1.82) is 0 Å². The van der Waals surface area contributed by atoms with Crippen LogP contribution in [0.4, 0.5) is 20.5 Å². The van der Waals surface area contributed by atoms with Crippen LogP contribution in [-0.2, 0) is 32.0 Å². The van der Waals surface area contributed by atoms with Gasteiger partial charge in [-0.25, -0.2) is 28.7 Å². The van der Waals surface area contributed by atoms with Crippen LogP contribution in [0.1, 0.15) is 11.6 Å². The SMILES string of the molecule is Nc1nc2c(ncn2[C@@H]2S[C@@H]3CO[PH](=O)O[C@H]4[C@H](F)[C@H](n5cnc6c(N)ncnc65)O[C@@H]4CO[PH](=O)O[C@@H]2[C@@H]3F)c(=O)[nH]1. The molecule has 4 aromatic rings. The number of halogens is 2. The van der Waals surface area contributed by atoms with Crippen LogP contribution in [0.15, 0.2) is 23.8 Å². The van der Waals surface area contributed by atoms with Gasteiger partial charge in [-0.2, -0.15) is 4.98 Å². The summed E-state index contributed by atoms with van der Waals surface area (Å²) in [5, 5.41) is -1.96. The maximum atomic E-state index is 15.8. The first kappa shape index (κ1) is 28.7. The Bertz CT molecular complexity index is 1810. The molecular weight excluding hydrogens is 640 g/mol. The summed E-state index contributed by atoms with van der Waals surface area (Å²) >= 11 is 0.980. The van der Waals surface area contributed by atoms with E-state index in [0.29, 0.717) is 0 Å². The number of nitrogens with two attached hydrogens (primary N) is 2. The number of nitrogens with one attached hydrogen (secondary N) is 1. The van der Waals surface area contributed by atoms with E-state index >= 15 is 8.78 Å². The molecule has 5 N–H and O–H groups in total. The fourth-order valence-corrected chi connectivity index (χ4v) is 8.56. The molecule has 0 radical (unpaired) electrons. The van der Waals surface area contributed by atoms with E-state index in [1.807, 2.05) is 0 Å². The number of hydrogen-bond acceptors (Lipinski definition) is 16. The van der Waals surface area contributed by atoms with E-state index in [-0.39, 0.29) is 34.1 Å². The number of alkyl halides is 2. The molecule has 3 saturated heterocycles. The molecule has 7 heterocycles. The molecule has 0 aromatic carbocycles. The number of nitrogens with zero attached hydrogens (tertiary/aromatic N) is 7. The van der Waals surface area contributed by atoms with Gasteiger partial charge in [0.2, 0.25) is 5.95 Å². The minimum absolute atomic E-state index is 0.0426. The van der Waals surface area contributed by atoms with Crippen LogP contribution < -0.4 is 17.0 Å². The van der Waals surface area contributed by atoms with Crippen molar-refractivity contribution in [3.63, 3.8) is 0 Å². The number of rotatable bonds is 2. The predicted octanol–water partition coefficient (Wildman–Crippen LogP) is 0.908. The summed E-state index contributed by atoms with van der Waals surface area (Å²) in [6.07, 6.45) is -5.57. The normalized spacial score (nSPS) is 35.4. The standard InChI is InChI=1S/C20H22F2N10O8P2S/c21-8-7-2-37-42(35)39-12-6(38-18(9(12)22)31-4-27-10-14(23)25-3-26-15(10)31)1-36-41(34)40-13(8)19(43-7)32-5-28-11-16(32)29-20(24)30-17(11)33/h3-9,12-13,18-19,41-42H,1-2H2,(H2,23,25,26)(H3,24,29,30,33)/t6-,7-,8-,9+,12-,13-,18-,19-/m1/s1. The van der Waals surface area contributed by atoms with E-state index < -0.39 is 82.8 Å². The van der Waals surface area contributed by atoms with Gasteiger partial charge in [-0.05, 0) is 0 Å². The maximum absolute atomic E-state index is 15.8. The monoisotopic (exact) mass is 662 g/mol. The van der Waals surface area contributed by atoms with Crippen LogP contribution in [0.25, 0.3) is 22.3 Å². The molecular formula is C20H22F2N10O8P2S. The Morgan fingerprint density at radius 2 is 1.65 bits per heavy atom. The highest BCUT2D eigenvalue weighted by molar-refractivity contribution is 8.00. The van der Waals surface area contributed by atoms with Gasteiger partial charge in [0.25, 0.3) is 5.56 Å². The van der Waals surface area contributed by atoms with Crippen LogP contribution in [-0.4, -0.2) is 88.2 Å². The second kappa shape index (κ2) is 11.2. The van der Waals surface area contributed by atoms with Crippen LogP contribution in [0.5, 0.6) is 0 Å². The predicted molar refractivity (Wildman–Crippen MR) is 146 cm³/mol. The number of nitrogen functional groups attached to an aromatic ring is 2. The Morgan fingerprint density at radius 1 is 0.930 bits per heavy atom. The second-order valence-electron chi connectivity index (χ2n) is 9.66. The lowest BCUT2D eigenvalue weighted by Crippen LogP contribution is -2.32. The van der Waals surface area contributed by atoms with Gasteiger partial charge < -0.3 is 34.3 Å². The van der Waals surface area contributed by atoms with Gasteiger partial charge in [0.05, 0.1) is 31.1 Å². The van der Waals surface area contributed by atoms with Gasteiger partial charge in [0.15, 0.2) is 35.0 Å². The Hall–Kier alpha value is -3.03. The summed E-state index contributed by atoms with van der Waals surface area (Å²) in [6, 6.07) is 0. The van der Waals surface area contributed by atoms with E-state index in [0.717, 1.165) is 11.8 Å². The van der Waals surface area contributed by atoms with Crippen molar-refractivity contribution in [2.45, 2.75) is 47.5 Å². The minimum atomic E-state index is -3.44. The average Bonchev–Trinajstić information content (AvgIpc) is 3.72. The molecule has 10 atom stereocenters. The minimum Gasteiger partial charge on any atom is -0.382 e. The number of anilines is 2. The van der Waals surface area contributed by atoms with E-state index in [1.54, 1.807) is 0 Å². The van der Waals surface area contributed by atoms with E-state index in [4.69, 9.17) is 34.3 Å². The molecule has 0 spiro atoms. The average molecular weight is 662 g/mol. The third-order valence-electron chi connectivity index (χ3n) is 7.11. The summed E-state index contributed by atoms with van der Waals surface area (Å²) in [7, 11) is -6.85. The van der Waals surface area contributed by atoms with Gasteiger partial charge in [-0.15, -0.1) is 11.8 Å². The number of hydrogen-bond donors (Lipinski definition) is 3. The molecule has 3 fully saturated rings. The lowest BCUT2D eigenvalue weighted by Gasteiger charge is -2.22. The first-order chi connectivity index (χ1) is 20.7. The number of imidazole rings is 2. The highest BCUT2D eigenvalue weighted by Crippen LogP contribution is 2.51. The Labute approximate surface area is 243 Å². The van der Waals surface area contributed by atoms with Crippen LogP contribution >= 0.6 is 28.3 Å². The molecule has 23 heteroatoms. The van der Waals surface area contributed by atoms with Gasteiger partial charge >= 0.3 is 16.5 Å². The number of ether oxygens (including phenoxy) is 1. The lowest BCUT2D eigenvalue weighted by atomic mass is 10.1. The Morgan fingerprint density at radius 3 is 2.47 bits per heavy atom. The van der Waals surface area contributed by atoms with Crippen LogP contribution in [0, 0.1) is 0 Å². The molecule has 7 rings (SSSR count). The summed E-state index contributed by atoms with van der Waals surface area (Å²) in [6.45, 7) is -0.976. The highest BCUT2D eigenvalue weighted by atomic mass is 32.2. The van der Waals surface area contributed by atoms with Crippen LogP contribution in [0.2, 0.25) is 0 Å². The van der Waals surface area contributed by atoms with E-state index in [9.17, 15) is 13.9 Å². The summed E-state index contributed by atoms with van der Waals surface area (Å²) in [5.74, 6) is -0.124. The van der Waals surface area contributed by atoms with Crippen molar-refractivity contribution in [2.24, 2.45) is 0 Å². The Balaban J connectivity index is 1.16. The van der Waals surface area contributed by atoms with Gasteiger partial charge in [-0.3, -0.25) is 28.0 Å². The molecule has 0 amide bonds. The third kappa shape index (κ3) is 5.02. The number of aromatic nitrogens is 8. The second-order valence-corrected chi connectivity index (χ2v) is 13.1. The Kier molecular flexibility index (Phi) is 7.45. The zero-order valence-corrected chi connectivity index (χ0v) is 24.3. The quantitative estimate of drug-likeness (QED) is 0.253.